The first-order valence-electron chi connectivity index (χ1n) is 6.90. The van der Waals surface area contributed by atoms with E-state index in [-0.39, 0.29) is 17.7 Å². The smallest absolute Gasteiger partial charge is 0.251 e. The Balaban J connectivity index is 1.86. The summed E-state index contributed by atoms with van der Waals surface area (Å²) >= 11 is 0. The summed E-state index contributed by atoms with van der Waals surface area (Å²) in [6, 6.07) is 7.03. The van der Waals surface area contributed by atoms with E-state index in [9.17, 15) is 9.59 Å². The van der Waals surface area contributed by atoms with Crippen LogP contribution in [0.2, 0.25) is 0 Å². The summed E-state index contributed by atoms with van der Waals surface area (Å²) in [6.45, 7) is 2.79. The van der Waals surface area contributed by atoms with Gasteiger partial charge < -0.3 is 10.6 Å². The molecule has 0 saturated heterocycles. The van der Waals surface area contributed by atoms with Crippen LogP contribution in [0.5, 0.6) is 0 Å². The van der Waals surface area contributed by atoms with Gasteiger partial charge in [0.15, 0.2) is 0 Å². The fourth-order valence-corrected chi connectivity index (χ4v) is 1.78. The quantitative estimate of drug-likeness (QED) is 0.772. The van der Waals surface area contributed by atoms with Gasteiger partial charge in [0.2, 0.25) is 5.91 Å². The molecule has 2 N–H and O–H groups in total. The molecule has 19 heavy (non-hydrogen) atoms. The van der Waals surface area contributed by atoms with Crippen molar-refractivity contribution in [3.8, 4) is 0 Å². The fraction of sp³-hybridized carbons (Fsp3) is 0.467. The van der Waals surface area contributed by atoms with E-state index < -0.39 is 0 Å². The van der Waals surface area contributed by atoms with Crippen LogP contribution in [-0.2, 0) is 4.79 Å². The lowest BCUT2D eigenvalue weighted by atomic mass is 10.2. The molecule has 102 valence electrons. The average molecular weight is 260 g/mol. The fourth-order valence-electron chi connectivity index (χ4n) is 1.78. The van der Waals surface area contributed by atoms with Gasteiger partial charge in [-0.25, -0.2) is 0 Å². The molecule has 0 heterocycles. The number of nitrogens with one attached hydrogen (secondary N) is 2. The third-order valence-electron chi connectivity index (χ3n) is 3.18. The zero-order chi connectivity index (χ0) is 13.7. The predicted octanol–water partition coefficient (Wildman–Crippen LogP) is 2.57. The minimum Gasteiger partial charge on any atom is -0.352 e. The number of amides is 2. The maximum Gasteiger partial charge on any atom is 0.251 e. The van der Waals surface area contributed by atoms with Gasteiger partial charge in [-0.05, 0) is 43.5 Å². The highest BCUT2D eigenvalue weighted by molar-refractivity contribution is 5.96. The number of carbonyl (C=O) groups is 2. The van der Waals surface area contributed by atoms with Crippen LogP contribution in [0.1, 0.15) is 43.0 Å². The topological polar surface area (TPSA) is 58.2 Å². The van der Waals surface area contributed by atoms with Crippen LogP contribution in [0.15, 0.2) is 24.3 Å². The van der Waals surface area contributed by atoms with E-state index in [1.807, 2.05) is 0 Å². The molecule has 0 spiro atoms. The van der Waals surface area contributed by atoms with Crippen LogP contribution in [0.25, 0.3) is 0 Å². The third kappa shape index (κ3) is 4.09. The zero-order valence-corrected chi connectivity index (χ0v) is 11.2. The van der Waals surface area contributed by atoms with Gasteiger partial charge in [-0.15, -0.1) is 0 Å². The van der Waals surface area contributed by atoms with Crippen molar-refractivity contribution in [2.45, 2.75) is 32.6 Å². The highest BCUT2D eigenvalue weighted by Crippen LogP contribution is 2.30. The summed E-state index contributed by atoms with van der Waals surface area (Å²) in [5.41, 5.74) is 1.38. The number of hydrogen-bond donors (Lipinski definition) is 2. The Morgan fingerprint density at radius 2 is 1.89 bits per heavy atom. The molecule has 2 rings (SSSR count). The summed E-state index contributed by atoms with van der Waals surface area (Å²) in [5, 5.41) is 5.71. The average Bonchev–Trinajstić information content (AvgIpc) is 3.24. The molecule has 1 aromatic rings. The molecule has 4 heteroatoms. The highest BCUT2D eigenvalue weighted by atomic mass is 16.2. The number of carbonyl (C=O) groups excluding carboxylic acids is 2. The Morgan fingerprint density at radius 3 is 2.47 bits per heavy atom. The largest absolute Gasteiger partial charge is 0.352 e. The Labute approximate surface area is 113 Å². The predicted molar refractivity (Wildman–Crippen MR) is 75.0 cm³/mol. The summed E-state index contributed by atoms with van der Waals surface area (Å²) < 4.78 is 0. The Hall–Kier alpha value is -1.84. The minimum absolute atomic E-state index is 0.0616. The van der Waals surface area contributed by atoms with Crippen LogP contribution in [0.4, 0.5) is 5.69 Å². The lowest BCUT2D eigenvalue weighted by molar-refractivity contribution is -0.117. The van der Waals surface area contributed by atoms with Crippen LogP contribution < -0.4 is 10.6 Å². The maximum absolute atomic E-state index is 11.8. The number of rotatable bonds is 6. The minimum atomic E-state index is -0.0616. The second-order valence-electron chi connectivity index (χ2n) is 4.95. The first kappa shape index (κ1) is 13.6. The second kappa shape index (κ2) is 6.36. The summed E-state index contributed by atoms with van der Waals surface area (Å²) in [6.07, 6.45) is 4.03. The van der Waals surface area contributed by atoms with Crippen molar-refractivity contribution >= 4 is 17.5 Å². The van der Waals surface area contributed by atoms with Crippen molar-refractivity contribution in [3.05, 3.63) is 29.8 Å². The van der Waals surface area contributed by atoms with E-state index >= 15 is 0 Å². The molecule has 2 amide bonds. The standard InChI is InChI=1S/C15H20N2O2/c1-2-3-10-16-14(18)11-6-8-13(9-7-11)17-15(19)12-4-5-12/h6-9,12H,2-5,10H2,1H3,(H,16,18)(H,17,19). The summed E-state index contributed by atoms with van der Waals surface area (Å²) in [4.78, 5) is 23.4. The van der Waals surface area contributed by atoms with Gasteiger partial charge in [-0.2, -0.15) is 0 Å². The monoisotopic (exact) mass is 260 g/mol. The van der Waals surface area contributed by atoms with Crippen LogP contribution in [0.3, 0.4) is 0 Å². The lowest BCUT2D eigenvalue weighted by Gasteiger charge is -2.06. The molecule has 1 aliphatic rings. The van der Waals surface area contributed by atoms with Gasteiger partial charge in [-0.1, -0.05) is 13.3 Å². The first-order chi connectivity index (χ1) is 9.20. The van der Waals surface area contributed by atoms with Gasteiger partial charge in [-0.3, -0.25) is 9.59 Å². The second-order valence-corrected chi connectivity index (χ2v) is 4.95. The molecular formula is C15H20N2O2. The molecule has 1 aliphatic carbocycles. The Bertz CT molecular complexity index is 450. The molecule has 1 saturated carbocycles. The van der Waals surface area contributed by atoms with Gasteiger partial charge in [0, 0.05) is 23.7 Å². The number of anilines is 1. The number of unbranched alkanes of at least 4 members (excludes halogenated alkanes) is 1. The molecule has 0 bridgehead atoms. The first-order valence-corrected chi connectivity index (χ1v) is 6.90. The lowest BCUT2D eigenvalue weighted by Crippen LogP contribution is -2.24. The van der Waals surface area contributed by atoms with Gasteiger partial charge >= 0.3 is 0 Å². The van der Waals surface area contributed by atoms with E-state index in [2.05, 4.69) is 17.6 Å². The Kier molecular flexibility index (Phi) is 4.55. The Morgan fingerprint density at radius 1 is 1.21 bits per heavy atom. The van der Waals surface area contributed by atoms with Crippen molar-refractivity contribution in [2.24, 2.45) is 5.92 Å². The maximum atomic E-state index is 11.8. The number of benzene rings is 1. The highest BCUT2D eigenvalue weighted by Gasteiger charge is 2.29. The molecule has 0 aliphatic heterocycles. The van der Waals surface area contributed by atoms with E-state index in [1.165, 1.54) is 0 Å². The van der Waals surface area contributed by atoms with Crippen molar-refractivity contribution in [3.63, 3.8) is 0 Å². The van der Waals surface area contributed by atoms with Crippen molar-refractivity contribution in [1.29, 1.82) is 0 Å². The summed E-state index contributed by atoms with van der Waals surface area (Å²) in [7, 11) is 0. The van der Waals surface area contributed by atoms with E-state index in [0.29, 0.717) is 12.1 Å². The molecule has 1 aromatic carbocycles. The molecule has 0 unspecified atom stereocenters. The van der Waals surface area contributed by atoms with Crippen LogP contribution >= 0.6 is 0 Å². The SMILES string of the molecule is CCCCNC(=O)c1ccc(NC(=O)C2CC2)cc1. The summed E-state index contributed by atoms with van der Waals surface area (Å²) in [5.74, 6) is 0.214. The van der Waals surface area contributed by atoms with Crippen molar-refractivity contribution < 1.29 is 9.59 Å². The van der Waals surface area contributed by atoms with E-state index in [0.717, 1.165) is 31.4 Å². The molecular weight excluding hydrogens is 240 g/mol. The molecule has 4 nitrogen and oxygen atoms in total. The van der Waals surface area contributed by atoms with E-state index in [4.69, 9.17) is 0 Å². The molecule has 0 radical (unpaired) electrons. The van der Waals surface area contributed by atoms with Crippen molar-refractivity contribution in [2.75, 3.05) is 11.9 Å². The molecule has 1 fully saturated rings. The van der Waals surface area contributed by atoms with Crippen molar-refractivity contribution in [1.82, 2.24) is 5.32 Å². The van der Waals surface area contributed by atoms with Crippen LogP contribution in [0, 0.1) is 5.92 Å². The number of hydrogen-bond acceptors (Lipinski definition) is 2. The normalized spacial score (nSPS) is 13.9. The van der Waals surface area contributed by atoms with Gasteiger partial charge in [0.05, 0.1) is 0 Å². The van der Waals surface area contributed by atoms with Gasteiger partial charge in [0.25, 0.3) is 5.91 Å². The van der Waals surface area contributed by atoms with Crippen LogP contribution in [-0.4, -0.2) is 18.4 Å². The van der Waals surface area contributed by atoms with E-state index in [1.54, 1.807) is 24.3 Å². The third-order valence-corrected chi connectivity index (χ3v) is 3.18. The molecule has 0 atom stereocenters. The zero-order valence-electron chi connectivity index (χ0n) is 11.2. The van der Waals surface area contributed by atoms with Gasteiger partial charge in [0.1, 0.15) is 0 Å². The molecule has 0 aromatic heterocycles.